The van der Waals surface area contributed by atoms with Crippen LogP contribution in [-0.2, 0) is 9.53 Å². The topological polar surface area (TPSA) is 67.6 Å². The van der Waals surface area contributed by atoms with Crippen LogP contribution in [0.2, 0.25) is 0 Å². The van der Waals surface area contributed by atoms with Crippen LogP contribution in [-0.4, -0.2) is 44.2 Å². The maximum absolute atomic E-state index is 13.0. The molecule has 0 radical (unpaired) electrons. The van der Waals surface area contributed by atoms with Crippen molar-refractivity contribution in [2.45, 2.75) is 19.8 Å². The molecular weight excluding hydrogens is 273 g/mol. The van der Waals surface area contributed by atoms with Gasteiger partial charge in [-0.25, -0.2) is 4.39 Å². The Bertz CT molecular complexity index is 455. The van der Waals surface area contributed by atoms with Crippen molar-refractivity contribution >= 4 is 17.3 Å². The predicted molar refractivity (Wildman–Crippen MR) is 82.7 cm³/mol. The molecule has 118 valence electrons. The third kappa shape index (κ3) is 6.55. The number of nitrogens with zero attached hydrogens (tertiary/aromatic N) is 1. The van der Waals surface area contributed by atoms with E-state index in [1.54, 1.807) is 7.11 Å². The molecular formula is C15H24FN3O2. The van der Waals surface area contributed by atoms with Gasteiger partial charge in [0, 0.05) is 25.8 Å². The number of benzene rings is 1. The molecule has 5 nitrogen and oxygen atoms in total. The Morgan fingerprint density at radius 2 is 2.19 bits per heavy atom. The number of nitrogens with two attached hydrogens (primary N) is 1. The molecule has 0 heterocycles. The van der Waals surface area contributed by atoms with Crippen LogP contribution in [0, 0.1) is 5.82 Å². The van der Waals surface area contributed by atoms with Crippen LogP contribution >= 0.6 is 0 Å². The molecule has 1 aromatic carbocycles. The lowest BCUT2D eigenvalue weighted by atomic mass is 10.2. The van der Waals surface area contributed by atoms with Gasteiger partial charge in [0.1, 0.15) is 5.82 Å². The van der Waals surface area contributed by atoms with Gasteiger partial charge in [0.25, 0.3) is 0 Å². The summed E-state index contributed by atoms with van der Waals surface area (Å²) in [6.07, 6.45) is 1.18. The minimum absolute atomic E-state index is 0.0320. The zero-order valence-corrected chi connectivity index (χ0v) is 12.7. The summed E-state index contributed by atoms with van der Waals surface area (Å²) in [6, 6.07) is 4.17. The molecule has 0 bridgehead atoms. The van der Waals surface area contributed by atoms with Gasteiger partial charge in [0.15, 0.2) is 0 Å². The smallest absolute Gasteiger partial charge is 0.224 e. The molecule has 6 heteroatoms. The van der Waals surface area contributed by atoms with Crippen LogP contribution in [0.3, 0.4) is 0 Å². The van der Waals surface area contributed by atoms with Gasteiger partial charge in [0.2, 0.25) is 5.91 Å². The highest BCUT2D eigenvalue weighted by atomic mass is 19.1. The second kappa shape index (κ2) is 9.31. The van der Waals surface area contributed by atoms with Crippen molar-refractivity contribution in [2.24, 2.45) is 0 Å². The summed E-state index contributed by atoms with van der Waals surface area (Å²) < 4.78 is 18.1. The van der Waals surface area contributed by atoms with Gasteiger partial charge in [-0.3, -0.25) is 4.79 Å². The quantitative estimate of drug-likeness (QED) is 0.685. The molecule has 0 aliphatic rings. The number of nitrogens with one attached hydrogen (secondary N) is 1. The van der Waals surface area contributed by atoms with E-state index in [9.17, 15) is 9.18 Å². The zero-order valence-electron chi connectivity index (χ0n) is 12.7. The van der Waals surface area contributed by atoms with E-state index in [1.165, 1.54) is 18.2 Å². The monoisotopic (exact) mass is 297 g/mol. The normalized spacial score (nSPS) is 10.9. The summed E-state index contributed by atoms with van der Waals surface area (Å²) in [5.74, 6) is -0.575. The Morgan fingerprint density at radius 3 is 2.81 bits per heavy atom. The number of halogens is 1. The maximum atomic E-state index is 13.0. The Kier molecular flexibility index (Phi) is 7.71. The van der Waals surface area contributed by atoms with E-state index >= 15 is 0 Å². The zero-order chi connectivity index (χ0) is 15.7. The second-order valence-corrected chi connectivity index (χ2v) is 4.82. The number of rotatable bonds is 9. The van der Waals surface area contributed by atoms with Crippen LogP contribution in [0.1, 0.15) is 19.8 Å². The van der Waals surface area contributed by atoms with E-state index in [2.05, 4.69) is 17.1 Å². The summed E-state index contributed by atoms with van der Waals surface area (Å²) in [5.41, 5.74) is 6.01. The minimum Gasteiger partial charge on any atom is -0.396 e. The van der Waals surface area contributed by atoms with E-state index in [1.807, 2.05) is 0 Å². The van der Waals surface area contributed by atoms with Crippen molar-refractivity contribution < 1.29 is 13.9 Å². The lowest BCUT2D eigenvalue weighted by molar-refractivity contribution is -0.116. The summed E-state index contributed by atoms with van der Waals surface area (Å²) >= 11 is 0. The van der Waals surface area contributed by atoms with Gasteiger partial charge in [0.05, 0.1) is 12.3 Å². The molecule has 0 aliphatic carbocycles. The standard InChI is InChI=1S/C15H24FN3O2/c1-3-19(9-10-21-2)8-4-5-15(20)18-12-6-7-13(16)14(17)11-12/h6-7,11H,3-5,8-10,17H2,1-2H3,(H,18,20). The number of likely N-dealkylation sites (N-methyl/N-ethyl adjacent to an activating group) is 1. The Hall–Kier alpha value is -1.66. The van der Waals surface area contributed by atoms with Crippen molar-refractivity contribution in [3.8, 4) is 0 Å². The molecule has 0 spiro atoms. The Morgan fingerprint density at radius 1 is 1.43 bits per heavy atom. The Balaban J connectivity index is 2.31. The summed E-state index contributed by atoms with van der Waals surface area (Å²) in [7, 11) is 1.68. The number of hydrogen-bond donors (Lipinski definition) is 2. The number of ether oxygens (including phenoxy) is 1. The number of anilines is 2. The predicted octanol–water partition coefficient (Wildman–Crippen LogP) is 2.09. The first kappa shape index (κ1) is 17.4. The molecule has 3 N–H and O–H groups in total. The lowest BCUT2D eigenvalue weighted by Gasteiger charge is -2.19. The average Bonchev–Trinajstić information content (AvgIpc) is 2.46. The molecule has 21 heavy (non-hydrogen) atoms. The number of amides is 1. The molecule has 1 aromatic rings. The second-order valence-electron chi connectivity index (χ2n) is 4.82. The highest BCUT2D eigenvalue weighted by molar-refractivity contribution is 5.91. The van der Waals surface area contributed by atoms with Crippen molar-refractivity contribution in [1.29, 1.82) is 0 Å². The van der Waals surface area contributed by atoms with Gasteiger partial charge in [-0.2, -0.15) is 0 Å². The number of carbonyl (C=O) groups excluding carboxylic acids is 1. The molecule has 0 atom stereocenters. The van der Waals surface area contributed by atoms with E-state index in [0.717, 1.165) is 26.1 Å². The van der Waals surface area contributed by atoms with Gasteiger partial charge >= 0.3 is 0 Å². The number of nitrogen functional groups attached to an aromatic ring is 1. The van der Waals surface area contributed by atoms with Crippen LogP contribution in [0.25, 0.3) is 0 Å². The van der Waals surface area contributed by atoms with Crippen LogP contribution in [0.4, 0.5) is 15.8 Å². The molecule has 0 aromatic heterocycles. The highest BCUT2D eigenvalue weighted by Crippen LogP contribution is 2.16. The van der Waals surface area contributed by atoms with Crippen LogP contribution in [0.5, 0.6) is 0 Å². The highest BCUT2D eigenvalue weighted by Gasteiger charge is 2.07. The lowest BCUT2D eigenvalue weighted by Crippen LogP contribution is -2.29. The van der Waals surface area contributed by atoms with Crippen molar-refractivity contribution in [2.75, 3.05) is 44.4 Å². The van der Waals surface area contributed by atoms with Crippen molar-refractivity contribution in [1.82, 2.24) is 4.90 Å². The largest absolute Gasteiger partial charge is 0.396 e. The van der Waals surface area contributed by atoms with E-state index in [-0.39, 0.29) is 11.6 Å². The fourth-order valence-corrected chi connectivity index (χ4v) is 1.96. The maximum Gasteiger partial charge on any atom is 0.224 e. The first-order valence-corrected chi connectivity index (χ1v) is 7.13. The SMILES string of the molecule is CCN(CCCC(=O)Nc1ccc(F)c(N)c1)CCOC. The van der Waals surface area contributed by atoms with Gasteiger partial charge in [-0.15, -0.1) is 0 Å². The molecule has 0 fully saturated rings. The number of hydrogen-bond acceptors (Lipinski definition) is 4. The van der Waals surface area contributed by atoms with Crippen molar-refractivity contribution in [3.05, 3.63) is 24.0 Å². The van der Waals surface area contributed by atoms with Crippen LogP contribution < -0.4 is 11.1 Å². The number of methoxy groups -OCH3 is 1. The number of carbonyl (C=O) groups is 1. The minimum atomic E-state index is -0.482. The van der Waals surface area contributed by atoms with Crippen molar-refractivity contribution in [3.63, 3.8) is 0 Å². The van der Waals surface area contributed by atoms with Crippen LogP contribution in [0.15, 0.2) is 18.2 Å². The summed E-state index contributed by atoms with van der Waals surface area (Å²) in [5, 5.41) is 2.72. The third-order valence-corrected chi connectivity index (χ3v) is 3.22. The van der Waals surface area contributed by atoms with E-state index < -0.39 is 5.82 Å². The Labute approximate surface area is 125 Å². The average molecular weight is 297 g/mol. The molecule has 0 saturated carbocycles. The molecule has 0 unspecified atom stereocenters. The third-order valence-electron chi connectivity index (χ3n) is 3.22. The van der Waals surface area contributed by atoms with E-state index in [0.29, 0.717) is 18.7 Å². The van der Waals surface area contributed by atoms with Gasteiger partial charge in [-0.1, -0.05) is 6.92 Å². The van der Waals surface area contributed by atoms with Gasteiger partial charge < -0.3 is 20.7 Å². The van der Waals surface area contributed by atoms with Gasteiger partial charge in [-0.05, 0) is 37.7 Å². The van der Waals surface area contributed by atoms with E-state index in [4.69, 9.17) is 10.5 Å². The molecule has 1 amide bonds. The first-order chi connectivity index (χ1) is 10.1. The molecule has 1 rings (SSSR count). The fraction of sp³-hybridized carbons (Fsp3) is 0.533. The molecule has 0 aliphatic heterocycles. The first-order valence-electron chi connectivity index (χ1n) is 7.13. The fourth-order valence-electron chi connectivity index (χ4n) is 1.96. The summed E-state index contributed by atoms with van der Waals surface area (Å²) in [6.45, 7) is 5.41. The molecule has 0 saturated heterocycles. The summed E-state index contributed by atoms with van der Waals surface area (Å²) in [4.78, 5) is 14.0.